The van der Waals surface area contributed by atoms with Gasteiger partial charge < -0.3 is 14.5 Å². The van der Waals surface area contributed by atoms with Crippen molar-refractivity contribution in [2.75, 3.05) is 14.2 Å². The van der Waals surface area contributed by atoms with E-state index in [4.69, 9.17) is 9.47 Å². The molecular weight excluding hydrogens is 472 g/mol. The number of aromatic amines is 2. The molecule has 0 saturated carbocycles. The number of ether oxygens (including phenoxy) is 2. The summed E-state index contributed by atoms with van der Waals surface area (Å²) in [6.07, 6.45) is 6.60. The highest BCUT2D eigenvalue weighted by molar-refractivity contribution is 5.89. The molecule has 0 aliphatic heterocycles. The van der Waals surface area contributed by atoms with Crippen LogP contribution in [-0.2, 0) is 35.2 Å². The summed E-state index contributed by atoms with van der Waals surface area (Å²) in [7, 11) is 2.72. The minimum Gasteiger partial charge on any atom is -0.465 e. The predicted molar refractivity (Wildman–Crippen MR) is 138 cm³/mol. The number of hydrogen-bond acceptors (Lipinski definition) is 6. The van der Waals surface area contributed by atoms with E-state index >= 15 is 0 Å². The maximum absolute atomic E-state index is 12.9. The number of nitrogens with zero attached hydrogens (tertiary/aromatic N) is 2. The van der Waals surface area contributed by atoms with Gasteiger partial charge in [0.2, 0.25) is 5.78 Å². The summed E-state index contributed by atoms with van der Waals surface area (Å²) in [5, 5.41) is 0.612. The standard InChI is InChI=1S/C28H26N4O5/c1-36-26(34)19-9-3-17(4-10-19)7-13-21-15-29-24-23(21)25(33)31-28-30-22(16-32(24)28)14-8-18-5-11-20(12-6-18)27(35)37-2/h3-6,9-12,15-16,29H,7-8,13-14H2,1-2H3,(H,30,31,33). The van der Waals surface area contributed by atoms with Crippen LogP contribution in [0.15, 0.2) is 65.7 Å². The number of aryl methyl sites for hydroxylation is 4. The van der Waals surface area contributed by atoms with Gasteiger partial charge >= 0.3 is 11.9 Å². The number of esters is 2. The normalized spacial score (nSPS) is 11.2. The number of carbonyl (C=O) groups is 2. The molecule has 9 heteroatoms. The fourth-order valence-corrected chi connectivity index (χ4v) is 4.47. The Balaban J connectivity index is 1.32. The zero-order valence-corrected chi connectivity index (χ0v) is 20.5. The number of aromatic nitrogens is 4. The summed E-state index contributed by atoms with van der Waals surface area (Å²) in [6.45, 7) is 0. The number of imidazole rings is 1. The molecule has 0 fully saturated rings. The fourth-order valence-electron chi connectivity index (χ4n) is 4.47. The smallest absolute Gasteiger partial charge is 0.337 e. The van der Waals surface area contributed by atoms with Gasteiger partial charge in [-0.05, 0) is 66.6 Å². The molecule has 0 unspecified atom stereocenters. The molecule has 5 aromatic rings. The van der Waals surface area contributed by atoms with Gasteiger partial charge in [-0.25, -0.2) is 14.6 Å². The highest BCUT2D eigenvalue weighted by atomic mass is 16.5. The van der Waals surface area contributed by atoms with E-state index in [-0.39, 0.29) is 17.5 Å². The van der Waals surface area contributed by atoms with Crippen LogP contribution in [0.1, 0.15) is 43.1 Å². The minimum atomic E-state index is -0.366. The molecule has 3 heterocycles. The van der Waals surface area contributed by atoms with Crippen molar-refractivity contribution < 1.29 is 19.1 Å². The lowest BCUT2D eigenvalue weighted by atomic mass is 10.0. The summed E-state index contributed by atoms with van der Waals surface area (Å²) in [6, 6.07) is 14.6. The molecule has 2 aromatic carbocycles. The van der Waals surface area contributed by atoms with Gasteiger partial charge in [-0.15, -0.1) is 0 Å². The number of fused-ring (bicyclic) bond motifs is 3. The van der Waals surface area contributed by atoms with E-state index < -0.39 is 0 Å². The summed E-state index contributed by atoms with van der Waals surface area (Å²) in [5.41, 5.74) is 5.43. The number of hydrogen-bond donors (Lipinski definition) is 2. The van der Waals surface area contributed by atoms with Gasteiger partial charge in [0.15, 0.2) is 0 Å². The third-order valence-corrected chi connectivity index (χ3v) is 6.49. The van der Waals surface area contributed by atoms with E-state index in [1.165, 1.54) is 14.2 Å². The Morgan fingerprint density at radius 2 is 1.41 bits per heavy atom. The van der Waals surface area contributed by atoms with Gasteiger partial charge in [-0.1, -0.05) is 24.3 Å². The molecule has 0 aliphatic rings. The molecule has 0 saturated heterocycles. The summed E-state index contributed by atoms with van der Waals surface area (Å²) >= 11 is 0. The number of nitrogens with one attached hydrogen (secondary N) is 2. The molecule has 0 radical (unpaired) electrons. The maximum atomic E-state index is 12.9. The Bertz CT molecular complexity index is 1640. The second-order valence-electron chi connectivity index (χ2n) is 8.79. The molecule has 2 N–H and O–H groups in total. The second kappa shape index (κ2) is 10.1. The zero-order valence-electron chi connectivity index (χ0n) is 20.5. The van der Waals surface area contributed by atoms with Gasteiger partial charge in [0.05, 0.1) is 36.4 Å². The van der Waals surface area contributed by atoms with Crippen LogP contribution in [0.25, 0.3) is 16.8 Å². The maximum Gasteiger partial charge on any atom is 0.337 e. The van der Waals surface area contributed by atoms with Crippen molar-refractivity contribution in [2.24, 2.45) is 0 Å². The summed E-state index contributed by atoms with van der Waals surface area (Å²) < 4.78 is 11.4. The van der Waals surface area contributed by atoms with Crippen LogP contribution in [0.2, 0.25) is 0 Å². The molecule has 0 atom stereocenters. The van der Waals surface area contributed by atoms with Crippen molar-refractivity contribution in [3.05, 3.63) is 105 Å². The molecule has 9 nitrogen and oxygen atoms in total. The largest absolute Gasteiger partial charge is 0.465 e. The Morgan fingerprint density at radius 1 is 0.838 bits per heavy atom. The third kappa shape index (κ3) is 4.88. The van der Waals surface area contributed by atoms with Crippen molar-refractivity contribution in [3.63, 3.8) is 0 Å². The highest BCUT2D eigenvalue weighted by Gasteiger charge is 2.14. The average Bonchev–Trinajstić information content (AvgIpc) is 3.54. The first-order chi connectivity index (χ1) is 18.0. The second-order valence-corrected chi connectivity index (χ2v) is 8.79. The Labute approximate surface area is 212 Å². The van der Waals surface area contributed by atoms with E-state index in [2.05, 4.69) is 15.0 Å². The number of rotatable bonds is 8. The Hall–Kier alpha value is -4.66. The molecule has 0 aliphatic carbocycles. The van der Waals surface area contributed by atoms with E-state index in [0.29, 0.717) is 40.8 Å². The Kier molecular flexibility index (Phi) is 6.59. The van der Waals surface area contributed by atoms with Crippen molar-refractivity contribution in [3.8, 4) is 0 Å². The number of H-pyrrole nitrogens is 2. The molecule has 3 aromatic heterocycles. The van der Waals surface area contributed by atoms with Crippen LogP contribution in [0.3, 0.4) is 0 Å². The highest BCUT2D eigenvalue weighted by Crippen LogP contribution is 2.19. The van der Waals surface area contributed by atoms with E-state index in [9.17, 15) is 14.4 Å². The first-order valence-electron chi connectivity index (χ1n) is 11.9. The van der Waals surface area contributed by atoms with E-state index in [1.807, 2.05) is 41.1 Å². The molecule has 37 heavy (non-hydrogen) atoms. The van der Waals surface area contributed by atoms with Crippen LogP contribution in [0.4, 0.5) is 0 Å². The van der Waals surface area contributed by atoms with Crippen LogP contribution < -0.4 is 5.56 Å². The number of benzene rings is 2. The SMILES string of the molecule is COC(=O)c1ccc(CCc2cn3c(n2)[nH]c(=O)c2c(CCc4ccc(C(=O)OC)cc4)c[nH]c23)cc1. The number of carbonyl (C=O) groups excluding carboxylic acids is 2. The topological polar surface area (TPSA) is 119 Å². The average molecular weight is 499 g/mol. The van der Waals surface area contributed by atoms with E-state index in [1.54, 1.807) is 24.3 Å². The van der Waals surface area contributed by atoms with Gasteiger partial charge in [0.1, 0.15) is 5.65 Å². The van der Waals surface area contributed by atoms with Gasteiger partial charge in [-0.2, -0.15) is 0 Å². The molecule has 0 spiro atoms. The van der Waals surface area contributed by atoms with Crippen molar-refractivity contribution in [1.29, 1.82) is 0 Å². The van der Waals surface area contributed by atoms with Crippen LogP contribution in [0, 0.1) is 0 Å². The van der Waals surface area contributed by atoms with Crippen molar-refractivity contribution >= 4 is 28.7 Å². The molecule has 188 valence electrons. The lowest BCUT2D eigenvalue weighted by Crippen LogP contribution is -2.10. The zero-order chi connectivity index (χ0) is 25.9. The number of methoxy groups -OCH3 is 2. The Morgan fingerprint density at radius 3 is 1.97 bits per heavy atom. The van der Waals surface area contributed by atoms with Crippen LogP contribution >= 0.6 is 0 Å². The summed E-state index contributed by atoms with van der Waals surface area (Å²) in [5.74, 6) is -0.239. The molecule has 0 amide bonds. The van der Waals surface area contributed by atoms with Gasteiger partial charge in [0, 0.05) is 12.4 Å². The third-order valence-electron chi connectivity index (χ3n) is 6.49. The van der Waals surface area contributed by atoms with Crippen LogP contribution in [-0.4, -0.2) is 45.5 Å². The lowest BCUT2D eigenvalue weighted by molar-refractivity contribution is 0.0592. The molecule has 5 rings (SSSR count). The van der Waals surface area contributed by atoms with Gasteiger partial charge in [-0.3, -0.25) is 14.2 Å². The van der Waals surface area contributed by atoms with E-state index in [0.717, 1.165) is 35.2 Å². The monoisotopic (exact) mass is 498 g/mol. The quantitative estimate of drug-likeness (QED) is 0.315. The molecular formula is C28H26N4O5. The fraction of sp³-hybridized carbons (Fsp3) is 0.214. The van der Waals surface area contributed by atoms with Crippen LogP contribution in [0.5, 0.6) is 0 Å². The first kappa shape index (κ1) is 24.1. The van der Waals surface area contributed by atoms with Crippen molar-refractivity contribution in [1.82, 2.24) is 19.4 Å². The first-order valence-corrected chi connectivity index (χ1v) is 11.9. The lowest BCUT2D eigenvalue weighted by Gasteiger charge is -2.03. The summed E-state index contributed by atoms with van der Waals surface area (Å²) in [4.78, 5) is 46.9. The van der Waals surface area contributed by atoms with Crippen molar-refractivity contribution in [2.45, 2.75) is 25.7 Å². The van der Waals surface area contributed by atoms with Gasteiger partial charge in [0.25, 0.3) is 5.56 Å². The molecule has 0 bridgehead atoms. The minimum absolute atomic E-state index is 0.185. The predicted octanol–water partition coefficient (Wildman–Crippen LogP) is 3.65.